The molecule has 0 saturated heterocycles. The highest BCUT2D eigenvalue weighted by atomic mass is 35.5. The number of aryl methyl sites for hydroxylation is 2. The van der Waals surface area contributed by atoms with E-state index in [-0.39, 0.29) is 11.8 Å². The molecule has 3 aromatic carbocycles. The molecule has 0 aliphatic rings. The van der Waals surface area contributed by atoms with Crippen molar-refractivity contribution in [3.8, 4) is 5.75 Å². The molecule has 144 valence electrons. The SMILES string of the molecule is COc1cccc(C(=O)Nc2cc(C)c(C(C)c3ccc(Cl)cc3)cc2C)c1. The minimum absolute atomic E-state index is 0.153. The maximum Gasteiger partial charge on any atom is 0.255 e. The average molecular weight is 394 g/mol. The van der Waals surface area contributed by atoms with Gasteiger partial charge in [0.2, 0.25) is 0 Å². The van der Waals surface area contributed by atoms with Crippen LogP contribution in [-0.4, -0.2) is 13.0 Å². The zero-order valence-electron chi connectivity index (χ0n) is 16.5. The van der Waals surface area contributed by atoms with Gasteiger partial charge in [-0.2, -0.15) is 0 Å². The molecule has 3 rings (SSSR count). The number of halogens is 1. The first-order valence-electron chi connectivity index (χ1n) is 9.21. The van der Waals surface area contributed by atoms with Gasteiger partial charge in [0.05, 0.1) is 7.11 Å². The Hall–Kier alpha value is -2.78. The number of nitrogens with one attached hydrogen (secondary N) is 1. The summed E-state index contributed by atoms with van der Waals surface area (Å²) in [6.07, 6.45) is 0. The smallest absolute Gasteiger partial charge is 0.255 e. The Bertz CT molecular complexity index is 996. The van der Waals surface area contributed by atoms with Gasteiger partial charge in [-0.05, 0) is 72.5 Å². The number of benzene rings is 3. The van der Waals surface area contributed by atoms with E-state index in [1.54, 1.807) is 19.2 Å². The maximum atomic E-state index is 12.6. The van der Waals surface area contributed by atoms with Gasteiger partial charge in [0.25, 0.3) is 5.91 Å². The third kappa shape index (κ3) is 4.37. The molecule has 0 aliphatic carbocycles. The van der Waals surface area contributed by atoms with Gasteiger partial charge in [0.1, 0.15) is 5.75 Å². The predicted molar refractivity (Wildman–Crippen MR) is 116 cm³/mol. The number of methoxy groups -OCH3 is 1. The van der Waals surface area contributed by atoms with Crippen LogP contribution in [0.4, 0.5) is 5.69 Å². The minimum atomic E-state index is -0.153. The number of hydrogen-bond acceptors (Lipinski definition) is 2. The van der Waals surface area contributed by atoms with Crippen molar-refractivity contribution in [3.05, 3.63) is 93.5 Å². The molecular weight excluding hydrogens is 370 g/mol. The molecule has 4 heteroatoms. The van der Waals surface area contributed by atoms with Crippen LogP contribution in [-0.2, 0) is 0 Å². The topological polar surface area (TPSA) is 38.3 Å². The lowest BCUT2D eigenvalue weighted by molar-refractivity contribution is 0.102. The normalized spacial score (nSPS) is 11.8. The summed E-state index contributed by atoms with van der Waals surface area (Å²) in [6.45, 7) is 6.26. The molecule has 1 unspecified atom stereocenters. The van der Waals surface area contributed by atoms with Crippen LogP contribution in [0, 0.1) is 13.8 Å². The predicted octanol–water partition coefficient (Wildman–Crippen LogP) is 6.37. The zero-order valence-corrected chi connectivity index (χ0v) is 17.3. The van der Waals surface area contributed by atoms with Gasteiger partial charge >= 0.3 is 0 Å². The van der Waals surface area contributed by atoms with Gasteiger partial charge in [-0.3, -0.25) is 4.79 Å². The summed E-state index contributed by atoms with van der Waals surface area (Å²) in [5.74, 6) is 0.742. The first-order valence-corrected chi connectivity index (χ1v) is 9.59. The first kappa shape index (κ1) is 20.0. The first-order chi connectivity index (χ1) is 13.4. The number of hydrogen-bond donors (Lipinski definition) is 1. The van der Waals surface area contributed by atoms with Crippen molar-refractivity contribution in [2.75, 3.05) is 12.4 Å². The standard InChI is InChI=1S/C24H24ClNO2/c1-15-13-23(26-24(27)19-6-5-7-21(14-19)28-4)16(2)12-22(15)17(3)18-8-10-20(25)11-9-18/h5-14,17H,1-4H3,(H,26,27). The fourth-order valence-corrected chi connectivity index (χ4v) is 3.46. The average Bonchev–Trinajstić information content (AvgIpc) is 2.70. The van der Waals surface area contributed by atoms with Crippen molar-refractivity contribution in [2.24, 2.45) is 0 Å². The summed E-state index contributed by atoms with van der Waals surface area (Å²) in [6, 6.07) is 19.3. The number of ether oxygens (including phenoxy) is 1. The number of anilines is 1. The molecule has 0 bridgehead atoms. The second-order valence-electron chi connectivity index (χ2n) is 6.98. The molecule has 28 heavy (non-hydrogen) atoms. The van der Waals surface area contributed by atoms with Crippen molar-refractivity contribution in [1.82, 2.24) is 0 Å². The van der Waals surface area contributed by atoms with E-state index in [1.165, 1.54) is 11.1 Å². The Kier molecular flexibility index (Phi) is 6.05. The quantitative estimate of drug-likeness (QED) is 0.547. The Morgan fingerprint density at radius 3 is 2.39 bits per heavy atom. The summed E-state index contributed by atoms with van der Waals surface area (Å²) < 4.78 is 5.20. The lowest BCUT2D eigenvalue weighted by atomic mass is 9.88. The van der Waals surface area contributed by atoms with Crippen molar-refractivity contribution >= 4 is 23.2 Å². The molecule has 3 nitrogen and oxygen atoms in total. The highest BCUT2D eigenvalue weighted by Gasteiger charge is 2.15. The van der Waals surface area contributed by atoms with E-state index in [0.29, 0.717) is 11.3 Å². The van der Waals surface area contributed by atoms with E-state index in [1.807, 2.05) is 37.3 Å². The van der Waals surface area contributed by atoms with Gasteiger partial charge < -0.3 is 10.1 Å². The number of carbonyl (C=O) groups excluding carboxylic acids is 1. The summed E-state index contributed by atoms with van der Waals surface area (Å²) in [5, 5.41) is 3.76. The van der Waals surface area contributed by atoms with Gasteiger partial charge in [-0.15, -0.1) is 0 Å². The fraction of sp³-hybridized carbons (Fsp3) is 0.208. The minimum Gasteiger partial charge on any atom is -0.497 e. The molecule has 3 aromatic rings. The summed E-state index contributed by atoms with van der Waals surface area (Å²) >= 11 is 6.01. The van der Waals surface area contributed by atoms with Crippen LogP contribution < -0.4 is 10.1 Å². The molecule has 1 atom stereocenters. The monoisotopic (exact) mass is 393 g/mol. The molecule has 1 amide bonds. The summed E-state index contributed by atoms with van der Waals surface area (Å²) in [4.78, 5) is 12.6. The van der Waals surface area contributed by atoms with Crippen molar-refractivity contribution < 1.29 is 9.53 Å². The van der Waals surface area contributed by atoms with Crippen LogP contribution in [0.3, 0.4) is 0 Å². The van der Waals surface area contributed by atoms with E-state index in [2.05, 4.69) is 37.4 Å². The van der Waals surface area contributed by atoms with Crippen LogP contribution in [0.25, 0.3) is 0 Å². The summed E-state index contributed by atoms with van der Waals surface area (Å²) in [5.41, 5.74) is 5.98. The van der Waals surface area contributed by atoms with Crippen molar-refractivity contribution in [1.29, 1.82) is 0 Å². The molecule has 0 heterocycles. The van der Waals surface area contributed by atoms with Gasteiger partial charge in [0.15, 0.2) is 0 Å². The largest absolute Gasteiger partial charge is 0.497 e. The molecule has 0 aliphatic heterocycles. The Morgan fingerprint density at radius 1 is 1.00 bits per heavy atom. The van der Waals surface area contributed by atoms with Gasteiger partial charge in [-0.1, -0.05) is 42.8 Å². The van der Waals surface area contributed by atoms with Crippen LogP contribution in [0.15, 0.2) is 60.7 Å². The van der Waals surface area contributed by atoms with Crippen molar-refractivity contribution in [2.45, 2.75) is 26.7 Å². The number of amides is 1. The van der Waals surface area contributed by atoms with E-state index >= 15 is 0 Å². The second-order valence-corrected chi connectivity index (χ2v) is 7.42. The second kappa shape index (κ2) is 8.49. The van der Waals surface area contributed by atoms with Gasteiger partial charge in [0, 0.05) is 22.2 Å². The molecule has 0 radical (unpaired) electrons. The van der Waals surface area contributed by atoms with Crippen LogP contribution in [0.1, 0.15) is 45.5 Å². The molecule has 0 spiro atoms. The molecule has 1 N–H and O–H groups in total. The zero-order chi connectivity index (χ0) is 20.3. The summed E-state index contributed by atoms with van der Waals surface area (Å²) in [7, 11) is 1.59. The van der Waals surface area contributed by atoms with E-state index < -0.39 is 0 Å². The van der Waals surface area contributed by atoms with Gasteiger partial charge in [-0.25, -0.2) is 0 Å². The lowest BCUT2D eigenvalue weighted by Crippen LogP contribution is -2.13. The highest BCUT2D eigenvalue weighted by Crippen LogP contribution is 2.31. The van der Waals surface area contributed by atoms with Crippen molar-refractivity contribution in [3.63, 3.8) is 0 Å². The van der Waals surface area contributed by atoms with Crippen LogP contribution in [0.2, 0.25) is 5.02 Å². The molecule has 0 fully saturated rings. The molecule has 0 saturated carbocycles. The Labute approximate surface area is 171 Å². The van der Waals surface area contributed by atoms with E-state index in [0.717, 1.165) is 21.8 Å². The fourth-order valence-electron chi connectivity index (χ4n) is 3.33. The van der Waals surface area contributed by atoms with E-state index in [4.69, 9.17) is 16.3 Å². The highest BCUT2D eigenvalue weighted by molar-refractivity contribution is 6.30. The third-order valence-electron chi connectivity index (χ3n) is 5.03. The van der Waals surface area contributed by atoms with Crippen LogP contribution >= 0.6 is 11.6 Å². The lowest BCUT2D eigenvalue weighted by Gasteiger charge is -2.19. The molecular formula is C24H24ClNO2. The Balaban J connectivity index is 1.85. The maximum absolute atomic E-state index is 12.6. The molecule has 0 aromatic heterocycles. The number of carbonyl (C=O) groups is 1. The number of rotatable bonds is 5. The van der Waals surface area contributed by atoms with E-state index in [9.17, 15) is 4.79 Å². The Morgan fingerprint density at radius 2 is 1.71 bits per heavy atom. The third-order valence-corrected chi connectivity index (χ3v) is 5.28. The van der Waals surface area contributed by atoms with Crippen LogP contribution in [0.5, 0.6) is 5.75 Å².